The van der Waals surface area contributed by atoms with Crippen LogP contribution in [0.2, 0.25) is 0 Å². The lowest BCUT2D eigenvalue weighted by Gasteiger charge is -1.94. The summed E-state index contributed by atoms with van der Waals surface area (Å²) < 4.78 is 0.664. The Morgan fingerprint density at radius 1 is 1.55 bits per heavy atom. The first-order chi connectivity index (χ1) is 5.27. The maximum atomic E-state index is 10.3. The highest BCUT2D eigenvalue weighted by Crippen LogP contribution is 2.25. The number of halogens is 1. The Balaban J connectivity index is 3.22. The molecule has 0 aliphatic carbocycles. The van der Waals surface area contributed by atoms with Gasteiger partial charge in [-0.25, -0.2) is 4.85 Å². The Hall–Kier alpha value is -1.14. The molecule has 0 spiro atoms. The molecular weight excluding hydrogens is 206 g/mol. The van der Waals surface area contributed by atoms with Gasteiger partial charge in [0.15, 0.2) is 0 Å². The number of hydrogen-bond acceptors (Lipinski definition) is 1. The molecule has 0 aromatic heterocycles. The van der Waals surface area contributed by atoms with Crippen molar-refractivity contribution in [3.63, 3.8) is 0 Å². The molecule has 1 aromatic carbocycles. The summed E-state index contributed by atoms with van der Waals surface area (Å²) in [7, 11) is 0. The average Bonchev–Trinajstić information content (AvgIpc) is 2.04. The highest BCUT2D eigenvalue weighted by molar-refractivity contribution is 9.10. The highest BCUT2D eigenvalue weighted by Gasteiger charge is 1.98. The van der Waals surface area contributed by atoms with Crippen molar-refractivity contribution in [2.24, 2.45) is 0 Å². The van der Waals surface area contributed by atoms with E-state index in [0.29, 0.717) is 15.7 Å². The SMILES string of the molecule is [C-]#[N+]c1ccc(C=O)cc1Br. The Morgan fingerprint density at radius 2 is 2.27 bits per heavy atom. The number of benzene rings is 1. The summed E-state index contributed by atoms with van der Waals surface area (Å²) >= 11 is 3.18. The van der Waals surface area contributed by atoms with E-state index in [9.17, 15) is 4.79 Å². The molecule has 0 saturated carbocycles. The van der Waals surface area contributed by atoms with Crippen LogP contribution in [-0.4, -0.2) is 6.29 Å². The van der Waals surface area contributed by atoms with Crippen molar-refractivity contribution in [1.29, 1.82) is 0 Å². The standard InChI is InChI=1S/C8H4BrNO/c1-10-8-3-2-6(5-11)4-7(8)9/h2-5H. The lowest BCUT2D eigenvalue weighted by atomic mass is 10.2. The molecule has 0 fully saturated rings. The fourth-order valence-electron chi connectivity index (χ4n) is 0.687. The molecule has 0 aliphatic heterocycles. The number of carbonyl (C=O) groups is 1. The van der Waals surface area contributed by atoms with E-state index in [2.05, 4.69) is 20.8 Å². The summed E-state index contributed by atoms with van der Waals surface area (Å²) in [6.07, 6.45) is 0.748. The van der Waals surface area contributed by atoms with Crippen LogP contribution in [0.25, 0.3) is 4.85 Å². The van der Waals surface area contributed by atoms with Gasteiger partial charge in [0.25, 0.3) is 0 Å². The van der Waals surface area contributed by atoms with Gasteiger partial charge in [0.2, 0.25) is 5.69 Å². The second-order valence-electron chi connectivity index (χ2n) is 1.94. The summed E-state index contributed by atoms with van der Waals surface area (Å²) in [6, 6.07) is 4.85. The molecule has 2 nitrogen and oxygen atoms in total. The van der Waals surface area contributed by atoms with Crippen LogP contribution in [0.3, 0.4) is 0 Å². The molecule has 0 heterocycles. The van der Waals surface area contributed by atoms with Gasteiger partial charge in [-0.2, -0.15) is 0 Å². The van der Waals surface area contributed by atoms with Crippen molar-refractivity contribution >= 4 is 27.9 Å². The second-order valence-corrected chi connectivity index (χ2v) is 2.79. The third kappa shape index (κ3) is 1.66. The Kier molecular flexibility index (Phi) is 2.40. The van der Waals surface area contributed by atoms with E-state index in [4.69, 9.17) is 6.57 Å². The van der Waals surface area contributed by atoms with Gasteiger partial charge >= 0.3 is 0 Å². The largest absolute Gasteiger partial charge is 0.298 e. The van der Waals surface area contributed by atoms with Crippen molar-refractivity contribution in [2.45, 2.75) is 0 Å². The van der Waals surface area contributed by atoms with Crippen LogP contribution in [0.1, 0.15) is 10.4 Å². The Labute approximate surface area is 72.8 Å². The van der Waals surface area contributed by atoms with E-state index in [1.807, 2.05) is 0 Å². The van der Waals surface area contributed by atoms with Crippen molar-refractivity contribution in [2.75, 3.05) is 0 Å². The molecule has 1 rings (SSSR count). The van der Waals surface area contributed by atoms with E-state index in [0.717, 1.165) is 6.29 Å². The van der Waals surface area contributed by atoms with Gasteiger partial charge in [0, 0.05) is 10.0 Å². The third-order valence-electron chi connectivity index (χ3n) is 1.23. The maximum absolute atomic E-state index is 10.3. The van der Waals surface area contributed by atoms with Crippen LogP contribution in [-0.2, 0) is 0 Å². The third-order valence-corrected chi connectivity index (χ3v) is 1.86. The molecule has 3 heteroatoms. The van der Waals surface area contributed by atoms with Crippen LogP contribution in [0.5, 0.6) is 0 Å². The van der Waals surface area contributed by atoms with Gasteiger partial charge < -0.3 is 0 Å². The van der Waals surface area contributed by atoms with Crippen molar-refractivity contribution in [1.82, 2.24) is 0 Å². The van der Waals surface area contributed by atoms with E-state index in [1.165, 1.54) is 0 Å². The molecule has 0 radical (unpaired) electrons. The number of aldehydes is 1. The minimum Gasteiger partial charge on any atom is -0.298 e. The van der Waals surface area contributed by atoms with E-state index in [-0.39, 0.29) is 0 Å². The molecule has 1 aromatic rings. The Morgan fingerprint density at radius 3 is 2.73 bits per heavy atom. The normalized spacial score (nSPS) is 8.73. The molecule has 0 aliphatic rings. The molecule has 0 bridgehead atoms. The molecule has 54 valence electrons. The predicted molar refractivity (Wildman–Crippen MR) is 45.8 cm³/mol. The molecule has 0 saturated heterocycles. The maximum Gasteiger partial charge on any atom is 0.201 e. The molecule has 0 amide bonds. The fourth-order valence-corrected chi connectivity index (χ4v) is 1.17. The van der Waals surface area contributed by atoms with Gasteiger partial charge in [0.05, 0.1) is 6.57 Å². The van der Waals surface area contributed by atoms with Crippen LogP contribution in [0, 0.1) is 6.57 Å². The van der Waals surface area contributed by atoms with Crippen LogP contribution < -0.4 is 0 Å². The number of carbonyl (C=O) groups excluding carboxylic acids is 1. The average molecular weight is 210 g/mol. The number of nitrogens with zero attached hydrogens (tertiary/aromatic N) is 1. The van der Waals surface area contributed by atoms with Gasteiger partial charge in [-0.15, -0.1) is 0 Å². The summed E-state index contributed by atoms with van der Waals surface area (Å²) in [4.78, 5) is 13.5. The molecule has 0 N–H and O–H groups in total. The first-order valence-corrected chi connectivity index (χ1v) is 3.69. The topological polar surface area (TPSA) is 21.4 Å². The van der Waals surface area contributed by atoms with Gasteiger partial charge in [-0.05, 0) is 6.07 Å². The minimum absolute atomic E-state index is 0.524. The lowest BCUT2D eigenvalue weighted by molar-refractivity contribution is 0.112. The summed E-state index contributed by atoms with van der Waals surface area (Å²) in [5, 5.41) is 0. The first-order valence-electron chi connectivity index (χ1n) is 2.90. The molecule has 0 atom stereocenters. The highest BCUT2D eigenvalue weighted by atomic mass is 79.9. The van der Waals surface area contributed by atoms with Crippen molar-refractivity contribution in [3.8, 4) is 0 Å². The van der Waals surface area contributed by atoms with E-state index < -0.39 is 0 Å². The van der Waals surface area contributed by atoms with Crippen molar-refractivity contribution < 1.29 is 4.79 Å². The minimum atomic E-state index is 0.524. The quantitative estimate of drug-likeness (QED) is 0.515. The van der Waals surface area contributed by atoms with Gasteiger partial charge in [-0.3, -0.25) is 4.79 Å². The molecule has 0 unspecified atom stereocenters. The zero-order valence-electron chi connectivity index (χ0n) is 5.54. The van der Waals surface area contributed by atoms with Crippen LogP contribution >= 0.6 is 15.9 Å². The number of rotatable bonds is 1. The Bertz CT molecular complexity index is 327. The monoisotopic (exact) mass is 209 g/mol. The number of hydrogen-bond donors (Lipinski definition) is 0. The second kappa shape index (κ2) is 3.31. The zero-order chi connectivity index (χ0) is 8.27. The smallest absolute Gasteiger partial charge is 0.201 e. The van der Waals surface area contributed by atoms with E-state index in [1.54, 1.807) is 18.2 Å². The van der Waals surface area contributed by atoms with E-state index >= 15 is 0 Å². The first kappa shape index (κ1) is 7.96. The lowest BCUT2D eigenvalue weighted by Crippen LogP contribution is -1.77. The zero-order valence-corrected chi connectivity index (χ0v) is 7.13. The van der Waals surface area contributed by atoms with Crippen molar-refractivity contribution in [3.05, 3.63) is 39.7 Å². The molecule has 11 heavy (non-hydrogen) atoms. The van der Waals surface area contributed by atoms with Crippen LogP contribution in [0.15, 0.2) is 22.7 Å². The fraction of sp³-hybridized carbons (Fsp3) is 0. The van der Waals surface area contributed by atoms with Gasteiger partial charge in [0.1, 0.15) is 6.29 Å². The molecular formula is C8H4BrNO. The van der Waals surface area contributed by atoms with Crippen LogP contribution in [0.4, 0.5) is 5.69 Å². The summed E-state index contributed by atoms with van der Waals surface area (Å²) in [5.41, 5.74) is 1.10. The van der Waals surface area contributed by atoms with Gasteiger partial charge in [-0.1, -0.05) is 28.1 Å². The predicted octanol–water partition coefficient (Wildman–Crippen LogP) is 2.81. The summed E-state index contributed by atoms with van der Waals surface area (Å²) in [5.74, 6) is 0. The summed E-state index contributed by atoms with van der Waals surface area (Å²) in [6.45, 7) is 6.72.